The van der Waals surface area contributed by atoms with Crippen molar-refractivity contribution in [2.45, 2.75) is 25.2 Å². The van der Waals surface area contributed by atoms with Gasteiger partial charge in [-0.15, -0.1) is 0 Å². The van der Waals surface area contributed by atoms with Crippen LogP contribution in [0.5, 0.6) is 0 Å². The molecule has 0 amide bonds. The second-order valence-corrected chi connectivity index (χ2v) is 5.91. The molecule has 0 aliphatic carbocycles. The molecule has 4 nitrogen and oxygen atoms in total. The smallest absolute Gasteiger partial charge is 0.156 e. The lowest BCUT2D eigenvalue weighted by Crippen LogP contribution is -2.31. The molecule has 0 spiro atoms. The Bertz CT molecular complexity index is 633. The summed E-state index contributed by atoms with van der Waals surface area (Å²) in [5.74, 6) is 0. The third-order valence-electron chi connectivity index (χ3n) is 3.58. The second kappa shape index (κ2) is 5.48. The number of nitrogens with zero attached hydrogens (tertiary/aromatic N) is 3. The molecular weight excluding hydrogens is 304 g/mol. The van der Waals surface area contributed by atoms with Crippen molar-refractivity contribution in [3.8, 4) is 0 Å². The molecule has 1 fully saturated rings. The minimum Gasteiger partial charge on any atom is -0.395 e. The fourth-order valence-electron chi connectivity index (χ4n) is 2.67. The van der Waals surface area contributed by atoms with Gasteiger partial charge in [0.15, 0.2) is 5.65 Å². The van der Waals surface area contributed by atoms with E-state index in [1.165, 1.54) is 0 Å². The highest BCUT2D eigenvalue weighted by molar-refractivity contribution is 6.36. The summed E-state index contributed by atoms with van der Waals surface area (Å²) < 4.78 is 15.2. The maximum Gasteiger partial charge on any atom is 0.156 e. The van der Waals surface area contributed by atoms with Crippen LogP contribution in [0.25, 0.3) is 5.65 Å². The van der Waals surface area contributed by atoms with Gasteiger partial charge in [-0.2, -0.15) is 0 Å². The predicted octanol–water partition coefficient (Wildman–Crippen LogP) is 2.55. The molecule has 1 aliphatic rings. The van der Waals surface area contributed by atoms with Gasteiger partial charge in [0.05, 0.1) is 22.3 Å². The highest BCUT2D eigenvalue weighted by atomic mass is 35.5. The largest absolute Gasteiger partial charge is 0.395 e. The number of aliphatic hydroxyl groups excluding tert-OH is 1. The number of halogens is 3. The summed E-state index contributed by atoms with van der Waals surface area (Å²) in [6, 6.07) is 1.49. The van der Waals surface area contributed by atoms with Crippen LogP contribution in [0.1, 0.15) is 12.1 Å². The Balaban J connectivity index is 1.86. The molecule has 20 heavy (non-hydrogen) atoms. The number of aliphatic hydroxyl groups is 1. The van der Waals surface area contributed by atoms with Crippen LogP contribution in [0.15, 0.2) is 18.5 Å². The number of rotatable bonds is 3. The monoisotopic (exact) mass is 317 g/mol. The Labute approximate surface area is 125 Å². The van der Waals surface area contributed by atoms with Crippen molar-refractivity contribution in [1.29, 1.82) is 0 Å². The van der Waals surface area contributed by atoms with Gasteiger partial charge >= 0.3 is 0 Å². The fourth-order valence-corrected chi connectivity index (χ4v) is 3.19. The van der Waals surface area contributed by atoms with Crippen LogP contribution >= 0.6 is 23.2 Å². The molecule has 2 atom stereocenters. The summed E-state index contributed by atoms with van der Waals surface area (Å²) in [4.78, 5) is 6.34. The number of pyridine rings is 1. The molecule has 3 heterocycles. The zero-order valence-electron chi connectivity index (χ0n) is 10.6. The highest BCUT2D eigenvalue weighted by Gasteiger charge is 2.31. The number of imidazole rings is 1. The normalized spacial score (nSPS) is 23.8. The van der Waals surface area contributed by atoms with E-state index >= 15 is 0 Å². The van der Waals surface area contributed by atoms with Crippen molar-refractivity contribution in [1.82, 2.24) is 14.3 Å². The lowest BCUT2D eigenvalue weighted by atomic mass is 10.2. The van der Waals surface area contributed by atoms with Gasteiger partial charge in [0.25, 0.3) is 0 Å². The van der Waals surface area contributed by atoms with E-state index < -0.39 is 6.17 Å². The van der Waals surface area contributed by atoms with Crippen molar-refractivity contribution in [2.24, 2.45) is 0 Å². The number of hydrogen-bond donors (Lipinski definition) is 1. The standard InChI is InChI=1S/C13H14Cl2FN3O/c14-8-1-12(15)13-17-10(6-19(13)3-8)5-18-4-9(16)2-11(18)7-20/h1,3,6,9,11,20H,2,4-5,7H2/t9-,11-/m0/s1. The quantitative estimate of drug-likeness (QED) is 0.945. The van der Waals surface area contributed by atoms with Crippen LogP contribution in [0, 0.1) is 0 Å². The van der Waals surface area contributed by atoms with Gasteiger partial charge in [-0.1, -0.05) is 23.2 Å². The van der Waals surface area contributed by atoms with Gasteiger partial charge in [0.1, 0.15) is 6.17 Å². The van der Waals surface area contributed by atoms with Gasteiger partial charge in [0.2, 0.25) is 0 Å². The maximum absolute atomic E-state index is 13.4. The number of hydrogen-bond acceptors (Lipinski definition) is 3. The number of fused-ring (bicyclic) bond motifs is 1. The Kier molecular flexibility index (Phi) is 3.86. The van der Waals surface area contributed by atoms with E-state index in [0.717, 1.165) is 5.69 Å². The maximum atomic E-state index is 13.4. The van der Waals surface area contributed by atoms with E-state index in [2.05, 4.69) is 4.98 Å². The summed E-state index contributed by atoms with van der Waals surface area (Å²) in [6.45, 7) is 0.773. The first-order valence-corrected chi connectivity index (χ1v) is 7.14. The zero-order chi connectivity index (χ0) is 14.3. The summed E-state index contributed by atoms with van der Waals surface area (Å²) in [6.07, 6.45) is 3.04. The van der Waals surface area contributed by atoms with E-state index in [4.69, 9.17) is 23.2 Å². The fraction of sp³-hybridized carbons (Fsp3) is 0.462. The Hall–Kier alpha value is -0.880. The van der Waals surface area contributed by atoms with Crippen LogP contribution in [0.4, 0.5) is 4.39 Å². The molecule has 0 bridgehead atoms. The molecular formula is C13H14Cl2FN3O. The topological polar surface area (TPSA) is 40.8 Å². The molecule has 0 aromatic carbocycles. The van der Waals surface area contributed by atoms with Crippen LogP contribution in [0.2, 0.25) is 10.0 Å². The molecule has 2 aromatic heterocycles. The molecule has 0 saturated carbocycles. The van der Waals surface area contributed by atoms with Crippen LogP contribution in [-0.4, -0.2) is 44.8 Å². The van der Waals surface area contributed by atoms with Crippen LogP contribution in [-0.2, 0) is 6.54 Å². The summed E-state index contributed by atoms with van der Waals surface area (Å²) in [7, 11) is 0. The van der Waals surface area contributed by atoms with Gasteiger partial charge in [-0.3, -0.25) is 4.90 Å². The summed E-state index contributed by atoms with van der Waals surface area (Å²) in [5.41, 5.74) is 1.41. The van der Waals surface area contributed by atoms with E-state index in [1.54, 1.807) is 16.7 Å². The number of alkyl halides is 1. The van der Waals surface area contributed by atoms with Gasteiger partial charge in [0, 0.05) is 31.5 Å². The molecule has 7 heteroatoms. The minimum atomic E-state index is -0.887. The first-order valence-electron chi connectivity index (χ1n) is 6.38. The lowest BCUT2D eigenvalue weighted by Gasteiger charge is -2.20. The third kappa shape index (κ3) is 2.63. The van der Waals surface area contributed by atoms with Crippen molar-refractivity contribution in [2.75, 3.05) is 13.2 Å². The van der Waals surface area contributed by atoms with E-state index in [-0.39, 0.29) is 12.6 Å². The first-order chi connectivity index (χ1) is 9.56. The molecule has 1 saturated heterocycles. The molecule has 3 rings (SSSR count). The van der Waals surface area contributed by atoms with Gasteiger partial charge < -0.3 is 9.51 Å². The third-order valence-corrected chi connectivity index (χ3v) is 4.06. The Morgan fingerprint density at radius 2 is 2.20 bits per heavy atom. The molecule has 108 valence electrons. The average molecular weight is 318 g/mol. The van der Waals surface area contributed by atoms with Gasteiger partial charge in [-0.25, -0.2) is 9.37 Å². The van der Waals surface area contributed by atoms with Crippen molar-refractivity contribution >= 4 is 28.8 Å². The number of aromatic nitrogens is 2. The molecule has 1 aliphatic heterocycles. The minimum absolute atomic E-state index is 0.0413. The van der Waals surface area contributed by atoms with Gasteiger partial charge in [-0.05, 0) is 12.5 Å². The van der Waals surface area contributed by atoms with E-state index in [9.17, 15) is 9.50 Å². The van der Waals surface area contributed by atoms with Crippen molar-refractivity contribution < 1.29 is 9.50 Å². The van der Waals surface area contributed by atoms with Crippen LogP contribution < -0.4 is 0 Å². The van der Waals surface area contributed by atoms with E-state index in [1.807, 2.05) is 11.1 Å². The van der Waals surface area contributed by atoms with Crippen molar-refractivity contribution in [3.05, 3.63) is 34.2 Å². The summed E-state index contributed by atoms with van der Waals surface area (Å²) >= 11 is 12.0. The molecule has 2 aromatic rings. The highest BCUT2D eigenvalue weighted by Crippen LogP contribution is 2.25. The molecule has 1 N–H and O–H groups in total. The Morgan fingerprint density at radius 1 is 1.40 bits per heavy atom. The zero-order valence-corrected chi connectivity index (χ0v) is 12.1. The first kappa shape index (κ1) is 14.1. The summed E-state index contributed by atoms with van der Waals surface area (Å²) in [5, 5.41) is 10.3. The lowest BCUT2D eigenvalue weighted by molar-refractivity contribution is 0.152. The van der Waals surface area contributed by atoms with E-state index in [0.29, 0.717) is 35.2 Å². The average Bonchev–Trinajstić information content (AvgIpc) is 2.93. The SMILES string of the molecule is OC[C@@H]1C[C@H](F)CN1Cc1cn2cc(Cl)cc(Cl)c2n1. The Morgan fingerprint density at radius 3 is 2.95 bits per heavy atom. The second-order valence-electron chi connectivity index (χ2n) is 5.07. The molecule has 0 radical (unpaired) electrons. The number of likely N-dealkylation sites (tertiary alicyclic amines) is 1. The van der Waals surface area contributed by atoms with Crippen LogP contribution in [0.3, 0.4) is 0 Å². The molecule has 0 unspecified atom stereocenters. The van der Waals surface area contributed by atoms with Crippen molar-refractivity contribution in [3.63, 3.8) is 0 Å². The predicted molar refractivity (Wildman–Crippen MR) is 76.0 cm³/mol.